The molecule has 0 unspecified atom stereocenters. The molecule has 1 rings (SSSR count). The third-order valence-electron chi connectivity index (χ3n) is 1.64. The lowest BCUT2D eigenvalue weighted by Gasteiger charge is -2.00. The van der Waals surface area contributed by atoms with Crippen LogP contribution in [0.1, 0.15) is 20.0 Å². The van der Waals surface area contributed by atoms with Gasteiger partial charge in [0, 0.05) is 0 Å². The number of amides is 4. The second-order valence-electron chi connectivity index (χ2n) is 2.72. The van der Waals surface area contributed by atoms with Gasteiger partial charge in [0.1, 0.15) is 5.00 Å². The Morgan fingerprint density at radius 2 is 1.76 bits per heavy atom. The highest BCUT2D eigenvalue weighted by atomic mass is 32.1. The first-order valence-corrected chi connectivity index (χ1v) is 4.90. The van der Waals surface area contributed by atoms with Crippen molar-refractivity contribution in [3.63, 3.8) is 0 Å². The summed E-state index contributed by atoms with van der Waals surface area (Å²) in [5.41, 5.74) is 7.42. The van der Waals surface area contributed by atoms with Gasteiger partial charge < -0.3 is 5.73 Å². The van der Waals surface area contributed by atoms with Crippen LogP contribution in [0.2, 0.25) is 0 Å². The average molecular weight is 260 g/mol. The number of thiophene rings is 1. The van der Waals surface area contributed by atoms with Gasteiger partial charge in [0.25, 0.3) is 11.8 Å². The Labute approximate surface area is 98.1 Å². The molecule has 0 radical (unpaired) electrons. The summed E-state index contributed by atoms with van der Waals surface area (Å²) < 4.78 is 0. The minimum absolute atomic E-state index is 0.0253. The van der Waals surface area contributed by atoms with E-state index in [1.54, 1.807) is 0 Å². The molecule has 0 aliphatic heterocycles. The van der Waals surface area contributed by atoms with E-state index in [1.807, 2.05) is 0 Å². The van der Waals surface area contributed by atoms with Crippen LogP contribution in [-0.4, -0.2) is 28.3 Å². The maximum Gasteiger partial charge on any atom is 0.317 e. The summed E-state index contributed by atoms with van der Waals surface area (Å²) in [4.78, 5) is 32.9. The molecule has 17 heavy (non-hydrogen) atoms. The Kier molecular flexibility index (Phi) is 3.98. The zero-order valence-electron chi connectivity index (χ0n) is 8.18. The van der Waals surface area contributed by atoms with Gasteiger partial charge in [-0.2, -0.15) is 0 Å². The largest absolute Gasteiger partial charge is 0.351 e. The number of nitrogens with two attached hydrogens (primary N) is 1. The van der Waals surface area contributed by atoms with E-state index in [1.165, 1.54) is 11.0 Å². The summed E-state index contributed by atoms with van der Waals surface area (Å²) in [5.74, 6) is -1.79. The summed E-state index contributed by atoms with van der Waals surface area (Å²) >= 11 is 0.708. The molecular weight excluding hydrogens is 252 g/mol. The fourth-order valence-electron chi connectivity index (χ4n) is 0.992. The number of urea groups is 1. The number of carbonyl (C=O) groups is 3. The van der Waals surface area contributed by atoms with Crippen LogP contribution in [0.5, 0.6) is 0 Å². The van der Waals surface area contributed by atoms with Gasteiger partial charge in [-0.25, -0.2) is 15.8 Å². The van der Waals surface area contributed by atoms with Crippen LogP contribution in [0.15, 0.2) is 6.07 Å². The molecular formula is C7H8N4O5S. The van der Waals surface area contributed by atoms with Crippen LogP contribution in [0, 0.1) is 0 Å². The van der Waals surface area contributed by atoms with Crippen molar-refractivity contribution in [3.8, 4) is 0 Å². The zero-order valence-corrected chi connectivity index (χ0v) is 9.00. The summed E-state index contributed by atoms with van der Waals surface area (Å²) in [6.45, 7) is 0. The summed E-state index contributed by atoms with van der Waals surface area (Å²) in [6, 6.07) is 0.141. The Morgan fingerprint density at radius 3 is 2.24 bits per heavy atom. The van der Waals surface area contributed by atoms with Crippen LogP contribution in [0.3, 0.4) is 0 Å². The normalized spacial score (nSPS) is 9.53. The second kappa shape index (κ2) is 5.25. The van der Waals surface area contributed by atoms with E-state index >= 15 is 0 Å². The highest BCUT2D eigenvalue weighted by molar-refractivity contribution is 7.18. The molecule has 0 spiro atoms. The lowest BCUT2D eigenvalue weighted by molar-refractivity contribution is 0.0706. The number of nitrogens with one attached hydrogen (secondary N) is 3. The minimum atomic E-state index is -0.935. The standard InChI is InChI=1S/C7H8N4O5S/c8-7(14)9-6-2(4(12)10-15)1-3(17-6)5(13)11-16/h1,15-16H,(H,10,12)(H,11,13)(H3,8,9,14). The van der Waals surface area contributed by atoms with E-state index < -0.39 is 17.8 Å². The number of rotatable bonds is 3. The van der Waals surface area contributed by atoms with E-state index in [0.717, 1.165) is 6.07 Å². The first-order valence-electron chi connectivity index (χ1n) is 4.08. The summed E-state index contributed by atoms with van der Waals surface area (Å²) in [5, 5.41) is 19.0. The molecule has 0 bridgehead atoms. The van der Waals surface area contributed by atoms with Crippen molar-refractivity contribution in [2.75, 3.05) is 5.32 Å². The average Bonchev–Trinajstić information content (AvgIpc) is 2.70. The van der Waals surface area contributed by atoms with E-state index in [-0.39, 0.29) is 15.4 Å². The molecule has 0 aliphatic rings. The smallest absolute Gasteiger partial charge is 0.317 e. The van der Waals surface area contributed by atoms with Gasteiger partial charge in [-0.15, -0.1) is 11.3 Å². The molecule has 0 saturated carbocycles. The van der Waals surface area contributed by atoms with Crippen molar-refractivity contribution in [1.82, 2.24) is 11.0 Å². The van der Waals surface area contributed by atoms with Crippen LogP contribution >= 0.6 is 11.3 Å². The van der Waals surface area contributed by atoms with Crippen molar-refractivity contribution in [2.45, 2.75) is 0 Å². The van der Waals surface area contributed by atoms with Crippen molar-refractivity contribution in [2.24, 2.45) is 5.73 Å². The number of anilines is 1. The molecule has 1 heterocycles. The molecule has 9 nitrogen and oxygen atoms in total. The maximum atomic E-state index is 11.2. The molecule has 0 fully saturated rings. The first-order chi connectivity index (χ1) is 7.99. The number of hydrogen-bond donors (Lipinski definition) is 6. The minimum Gasteiger partial charge on any atom is -0.351 e. The van der Waals surface area contributed by atoms with Crippen molar-refractivity contribution < 1.29 is 24.8 Å². The lowest BCUT2D eigenvalue weighted by atomic mass is 10.2. The number of hydroxylamine groups is 2. The number of carbonyl (C=O) groups excluding carboxylic acids is 3. The predicted octanol–water partition coefficient (Wildman–Crippen LogP) is -0.523. The highest BCUT2D eigenvalue weighted by Crippen LogP contribution is 2.27. The Hall–Kier alpha value is -2.17. The summed E-state index contributed by atoms with van der Waals surface area (Å²) in [7, 11) is 0. The van der Waals surface area contributed by atoms with E-state index in [0.29, 0.717) is 11.3 Å². The third-order valence-corrected chi connectivity index (χ3v) is 2.69. The van der Waals surface area contributed by atoms with Crippen LogP contribution in [0.25, 0.3) is 0 Å². The quantitative estimate of drug-likeness (QED) is 0.318. The van der Waals surface area contributed by atoms with Gasteiger partial charge in [0.05, 0.1) is 10.4 Å². The van der Waals surface area contributed by atoms with Crippen LogP contribution < -0.4 is 22.0 Å². The van der Waals surface area contributed by atoms with Gasteiger partial charge in [-0.3, -0.25) is 25.3 Å². The Balaban J connectivity index is 3.16. The number of primary amides is 1. The molecule has 0 aromatic carbocycles. The van der Waals surface area contributed by atoms with Crippen molar-refractivity contribution in [1.29, 1.82) is 0 Å². The SMILES string of the molecule is NC(=O)Nc1sc(C(=O)NO)cc1C(=O)NO. The molecule has 10 heteroatoms. The fraction of sp³-hybridized carbons (Fsp3) is 0. The first kappa shape index (κ1) is 12.9. The van der Waals surface area contributed by atoms with Crippen molar-refractivity contribution in [3.05, 3.63) is 16.5 Å². The molecule has 0 atom stereocenters. The van der Waals surface area contributed by atoms with E-state index in [2.05, 4.69) is 5.32 Å². The van der Waals surface area contributed by atoms with Gasteiger partial charge >= 0.3 is 6.03 Å². The zero-order chi connectivity index (χ0) is 13.0. The molecule has 4 amide bonds. The molecule has 0 aliphatic carbocycles. The predicted molar refractivity (Wildman–Crippen MR) is 56.0 cm³/mol. The van der Waals surface area contributed by atoms with Crippen LogP contribution in [0.4, 0.5) is 9.80 Å². The molecule has 7 N–H and O–H groups in total. The molecule has 92 valence electrons. The lowest BCUT2D eigenvalue weighted by Crippen LogP contribution is -2.23. The van der Waals surface area contributed by atoms with E-state index in [4.69, 9.17) is 16.1 Å². The summed E-state index contributed by atoms with van der Waals surface area (Å²) in [6.07, 6.45) is 0. The Bertz CT molecular complexity index is 471. The highest BCUT2D eigenvalue weighted by Gasteiger charge is 2.19. The number of hydrogen-bond acceptors (Lipinski definition) is 6. The topological polar surface area (TPSA) is 154 Å². The van der Waals surface area contributed by atoms with E-state index in [9.17, 15) is 14.4 Å². The van der Waals surface area contributed by atoms with Gasteiger partial charge in [-0.05, 0) is 6.07 Å². The Morgan fingerprint density at radius 1 is 1.18 bits per heavy atom. The van der Waals surface area contributed by atoms with Gasteiger partial charge in [-0.1, -0.05) is 0 Å². The van der Waals surface area contributed by atoms with Gasteiger partial charge in [0.15, 0.2) is 0 Å². The molecule has 1 aromatic heterocycles. The van der Waals surface area contributed by atoms with Crippen LogP contribution in [-0.2, 0) is 0 Å². The van der Waals surface area contributed by atoms with Crippen molar-refractivity contribution >= 4 is 34.2 Å². The second-order valence-corrected chi connectivity index (χ2v) is 3.78. The van der Waals surface area contributed by atoms with Gasteiger partial charge in [0.2, 0.25) is 0 Å². The molecule has 0 saturated heterocycles. The fourth-order valence-corrected chi connectivity index (χ4v) is 1.94. The third kappa shape index (κ3) is 2.90. The monoisotopic (exact) mass is 260 g/mol. The maximum absolute atomic E-state index is 11.2. The molecule has 1 aromatic rings.